The van der Waals surface area contributed by atoms with E-state index in [-0.39, 0.29) is 17.7 Å². The van der Waals surface area contributed by atoms with Crippen molar-refractivity contribution in [3.63, 3.8) is 0 Å². The van der Waals surface area contributed by atoms with E-state index in [9.17, 15) is 14.7 Å². The van der Waals surface area contributed by atoms with Crippen molar-refractivity contribution in [1.82, 2.24) is 5.32 Å². The Bertz CT molecular complexity index is 1320. The number of hydrogen-bond donors (Lipinski definition) is 3. The average molecular weight is 467 g/mol. The van der Waals surface area contributed by atoms with Gasteiger partial charge in [0.15, 0.2) is 0 Å². The molecule has 1 amide bonds. The van der Waals surface area contributed by atoms with Gasteiger partial charge in [0.25, 0.3) is 5.91 Å². The topological polar surface area (TPSA) is 102 Å². The number of nitrogen functional groups attached to an aromatic ring is 1. The van der Waals surface area contributed by atoms with Crippen LogP contribution < -0.4 is 11.1 Å². The zero-order valence-electron chi connectivity index (χ0n) is 19.3. The molecule has 0 fully saturated rings. The van der Waals surface area contributed by atoms with E-state index in [0.717, 1.165) is 27.8 Å². The summed E-state index contributed by atoms with van der Waals surface area (Å²) < 4.78 is 4.92. The van der Waals surface area contributed by atoms with Crippen molar-refractivity contribution < 1.29 is 19.4 Å². The third kappa shape index (κ3) is 5.68. The lowest BCUT2D eigenvalue weighted by Gasteiger charge is -2.18. The number of carbonyl (C=O) groups excluding carboxylic acids is 2. The zero-order chi connectivity index (χ0) is 24.8. The van der Waals surface area contributed by atoms with Gasteiger partial charge in [0.05, 0.1) is 12.7 Å². The van der Waals surface area contributed by atoms with Crippen molar-refractivity contribution in [1.29, 1.82) is 0 Å². The van der Waals surface area contributed by atoms with E-state index in [0.29, 0.717) is 5.69 Å². The van der Waals surface area contributed by atoms with Gasteiger partial charge >= 0.3 is 5.97 Å². The minimum absolute atomic E-state index is 0.0626. The number of ether oxygens (including phenoxy) is 1. The molecule has 0 aliphatic rings. The molecule has 0 heterocycles. The monoisotopic (exact) mass is 466 g/mol. The highest BCUT2D eigenvalue weighted by Gasteiger charge is 2.24. The molecule has 0 aliphatic heterocycles. The maximum atomic E-state index is 13.1. The SMILES string of the molecule is COC(=O)C(Cc1ccc(-c2ccccc2)cc1)NC(=O)c1cc(-c2ccc(N)cc2)ccc1O. The normalized spacial score (nSPS) is 11.5. The van der Waals surface area contributed by atoms with Gasteiger partial charge in [-0.05, 0) is 52.1 Å². The van der Waals surface area contributed by atoms with Crippen molar-refractivity contribution in [2.24, 2.45) is 0 Å². The molecule has 0 aliphatic carbocycles. The van der Waals surface area contributed by atoms with Crippen molar-refractivity contribution in [3.8, 4) is 28.0 Å². The van der Waals surface area contributed by atoms with E-state index in [1.807, 2.05) is 66.7 Å². The van der Waals surface area contributed by atoms with Gasteiger partial charge in [-0.2, -0.15) is 0 Å². The van der Waals surface area contributed by atoms with E-state index in [2.05, 4.69) is 5.32 Å². The van der Waals surface area contributed by atoms with Crippen LogP contribution in [0.15, 0.2) is 97.1 Å². The van der Waals surface area contributed by atoms with Crippen LogP contribution in [0.2, 0.25) is 0 Å². The first-order valence-electron chi connectivity index (χ1n) is 11.2. The van der Waals surface area contributed by atoms with Crippen LogP contribution in [0.1, 0.15) is 15.9 Å². The number of aromatic hydroxyl groups is 1. The number of anilines is 1. The summed E-state index contributed by atoms with van der Waals surface area (Å²) in [5.74, 6) is -1.33. The predicted octanol–water partition coefficient (Wildman–Crippen LogP) is 4.82. The smallest absolute Gasteiger partial charge is 0.328 e. The fourth-order valence-electron chi connectivity index (χ4n) is 3.84. The third-order valence-electron chi connectivity index (χ3n) is 5.78. The van der Waals surface area contributed by atoms with E-state index >= 15 is 0 Å². The Morgan fingerprint density at radius 1 is 0.829 bits per heavy atom. The van der Waals surface area contributed by atoms with E-state index in [1.54, 1.807) is 24.3 Å². The number of hydrogen-bond acceptors (Lipinski definition) is 5. The standard InChI is InChI=1S/C29H26N2O4/c1-35-29(34)26(17-19-7-9-21(10-8-19)20-5-3-2-4-6-20)31-28(33)25-18-23(13-16-27(25)32)22-11-14-24(30)15-12-22/h2-16,18,26,32H,17,30H2,1H3,(H,31,33). The second kappa shape index (κ2) is 10.6. The molecule has 4 aromatic rings. The van der Waals surface area contributed by atoms with Crippen molar-refractivity contribution in [3.05, 3.63) is 108 Å². The van der Waals surface area contributed by atoms with Gasteiger partial charge in [0, 0.05) is 12.1 Å². The van der Waals surface area contributed by atoms with Crippen LogP contribution in [0.4, 0.5) is 5.69 Å². The third-order valence-corrected chi connectivity index (χ3v) is 5.78. The van der Waals surface area contributed by atoms with E-state index in [1.165, 1.54) is 13.2 Å². The summed E-state index contributed by atoms with van der Waals surface area (Å²) in [6.45, 7) is 0. The number of nitrogens with one attached hydrogen (secondary N) is 1. The maximum Gasteiger partial charge on any atom is 0.328 e. The minimum atomic E-state index is -0.922. The van der Waals surface area contributed by atoms with Gasteiger partial charge in [-0.25, -0.2) is 4.79 Å². The first-order valence-corrected chi connectivity index (χ1v) is 11.2. The molecule has 35 heavy (non-hydrogen) atoms. The largest absolute Gasteiger partial charge is 0.507 e. The van der Waals surface area contributed by atoms with Gasteiger partial charge in [-0.15, -0.1) is 0 Å². The zero-order valence-corrected chi connectivity index (χ0v) is 19.3. The number of amides is 1. The van der Waals surface area contributed by atoms with Gasteiger partial charge in [-0.3, -0.25) is 4.79 Å². The molecule has 4 aromatic carbocycles. The second-order valence-corrected chi connectivity index (χ2v) is 8.17. The number of phenols is 1. The number of nitrogens with two attached hydrogens (primary N) is 1. The Morgan fingerprint density at radius 2 is 1.40 bits per heavy atom. The molecule has 176 valence electrons. The van der Waals surface area contributed by atoms with Crippen LogP contribution in [0.5, 0.6) is 5.75 Å². The Morgan fingerprint density at radius 3 is 2.06 bits per heavy atom. The molecule has 4 rings (SSSR count). The molecule has 4 N–H and O–H groups in total. The highest BCUT2D eigenvalue weighted by atomic mass is 16.5. The summed E-state index contributed by atoms with van der Waals surface area (Å²) in [4.78, 5) is 25.5. The van der Waals surface area contributed by atoms with Gasteiger partial charge in [-0.1, -0.05) is 72.8 Å². The molecule has 0 bridgehead atoms. The number of phenolic OH excluding ortho intramolecular Hbond substituents is 1. The Hall–Kier alpha value is -4.58. The highest BCUT2D eigenvalue weighted by molar-refractivity contribution is 6.00. The summed E-state index contributed by atoms with van der Waals surface area (Å²) in [5, 5.41) is 13.1. The summed E-state index contributed by atoms with van der Waals surface area (Å²) >= 11 is 0. The molecule has 6 nitrogen and oxygen atoms in total. The Labute approximate surface area is 204 Å². The quantitative estimate of drug-likeness (QED) is 0.268. The summed E-state index contributed by atoms with van der Waals surface area (Å²) in [5.41, 5.74) is 11.0. The molecular weight excluding hydrogens is 440 g/mol. The second-order valence-electron chi connectivity index (χ2n) is 8.17. The maximum absolute atomic E-state index is 13.1. The molecule has 6 heteroatoms. The lowest BCUT2D eigenvalue weighted by atomic mass is 9.99. The van der Waals surface area contributed by atoms with Crippen LogP contribution in [0.3, 0.4) is 0 Å². The van der Waals surface area contributed by atoms with Crippen molar-refractivity contribution in [2.75, 3.05) is 12.8 Å². The first kappa shape index (κ1) is 23.6. The van der Waals surface area contributed by atoms with Gasteiger partial charge in [0.1, 0.15) is 11.8 Å². The van der Waals surface area contributed by atoms with Crippen LogP contribution in [0.25, 0.3) is 22.3 Å². The average Bonchev–Trinajstić information content (AvgIpc) is 2.89. The number of carbonyl (C=O) groups is 2. The number of benzene rings is 4. The van der Waals surface area contributed by atoms with Gasteiger partial charge < -0.3 is 20.9 Å². The van der Waals surface area contributed by atoms with Crippen LogP contribution in [-0.2, 0) is 16.0 Å². The molecule has 0 saturated carbocycles. The molecular formula is C29H26N2O4. The van der Waals surface area contributed by atoms with Crippen molar-refractivity contribution in [2.45, 2.75) is 12.5 Å². The summed E-state index contributed by atoms with van der Waals surface area (Å²) in [6, 6.07) is 28.8. The number of rotatable bonds is 7. The van der Waals surface area contributed by atoms with Gasteiger partial charge in [0.2, 0.25) is 0 Å². The molecule has 1 unspecified atom stereocenters. The molecule has 0 saturated heterocycles. The van der Waals surface area contributed by atoms with E-state index in [4.69, 9.17) is 10.5 Å². The summed E-state index contributed by atoms with van der Waals surface area (Å²) in [6.07, 6.45) is 0.242. The molecule has 0 aromatic heterocycles. The minimum Gasteiger partial charge on any atom is -0.507 e. The molecule has 1 atom stereocenters. The van der Waals surface area contributed by atoms with Crippen LogP contribution >= 0.6 is 0 Å². The highest BCUT2D eigenvalue weighted by Crippen LogP contribution is 2.27. The Kier molecular flexibility index (Phi) is 7.12. The lowest BCUT2D eigenvalue weighted by Crippen LogP contribution is -2.43. The summed E-state index contributed by atoms with van der Waals surface area (Å²) in [7, 11) is 1.28. The van der Waals surface area contributed by atoms with E-state index < -0.39 is 17.9 Å². The Balaban J connectivity index is 1.53. The molecule has 0 spiro atoms. The van der Waals surface area contributed by atoms with Crippen LogP contribution in [-0.4, -0.2) is 30.1 Å². The fraction of sp³-hybridized carbons (Fsp3) is 0.103. The molecule has 0 radical (unpaired) electrons. The van der Waals surface area contributed by atoms with Crippen LogP contribution in [0, 0.1) is 0 Å². The lowest BCUT2D eigenvalue weighted by molar-refractivity contribution is -0.142. The van der Waals surface area contributed by atoms with Crippen molar-refractivity contribution >= 4 is 17.6 Å². The fourth-order valence-corrected chi connectivity index (χ4v) is 3.84. The first-order chi connectivity index (χ1) is 16.9. The number of esters is 1. The predicted molar refractivity (Wildman–Crippen MR) is 137 cm³/mol. The number of methoxy groups -OCH3 is 1.